The van der Waals surface area contributed by atoms with Gasteiger partial charge in [-0.2, -0.15) is 5.26 Å². The molecule has 1 aliphatic rings. The maximum Gasteiger partial charge on any atom is 0.235 e. The molecule has 1 aromatic carbocycles. The lowest BCUT2D eigenvalue weighted by Crippen LogP contribution is -2.51. The maximum absolute atomic E-state index is 12.6. The number of carbonyl (C=O) groups is 1. The molecule has 0 unspecified atom stereocenters. The third-order valence-corrected chi connectivity index (χ3v) is 6.47. The van der Waals surface area contributed by atoms with Crippen LogP contribution in [-0.4, -0.2) is 18.0 Å². The largest absolute Gasteiger partial charge is 0.337 e. The highest BCUT2D eigenvalue weighted by atomic mass is 32.1. The van der Waals surface area contributed by atoms with E-state index in [-0.39, 0.29) is 18.5 Å². The second kappa shape index (κ2) is 9.36. The average molecular weight is 396 g/mol. The summed E-state index contributed by atoms with van der Waals surface area (Å²) in [5, 5.41) is 18.0. The molecule has 0 spiro atoms. The van der Waals surface area contributed by atoms with Crippen LogP contribution in [0.1, 0.15) is 73.9 Å². The smallest absolute Gasteiger partial charge is 0.235 e. The van der Waals surface area contributed by atoms with E-state index in [0.29, 0.717) is 5.92 Å². The van der Waals surface area contributed by atoms with Gasteiger partial charge in [0.1, 0.15) is 5.54 Å². The lowest BCUT2D eigenvalue weighted by atomic mass is 9.83. The molecule has 1 atom stereocenters. The van der Waals surface area contributed by atoms with Crippen LogP contribution in [0, 0.1) is 11.3 Å². The van der Waals surface area contributed by atoms with Crippen molar-refractivity contribution in [3.05, 3.63) is 57.8 Å². The summed E-state index contributed by atoms with van der Waals surface area (Å²) >= 11 is 1.68. The summed E-state index contributed by atoms with van der Waals surface area (Å²) in [7, 11) is 0. The number of benzene rings is 1. The van der Waals surface area contributed by atoms with E-state index in [1.165, 1.54) is 10.4 Å². The van der Waals surface area contributed by atoms with E-state index in [1.54, 1.807) is 11.3 Å². The quantitative estimate of drug-likeness (QED) is 0.701. The average Bonchev–Trinajstić information content (AvgIpc) is 3.23. The summed E-state index contributed by atoms with van der Waals surface area (Å²) in [6.07, 6.45) is 4.65. The standard InChI is InChI=1S/C23H29N3OS/c1-17(2)18-8-10-19(11-9-18)22(20-7-6-14-28-20)25-15-21(27)26-23(16-24)12-4-3-5-13-23/h6-11,14,17,22,25H,3-5,12-13,15H2,1-2H3,(H,26,27)/t22-/m1/s1. The number of nitriles is 1. The van der Waals surface area contributed by atoms with Gasteiger partial charge >= 0.3 is 0 Å². The van der Waals surface area contributed by atoms with Crippen LogP contribution in [0.15, 0.2) is 41.8 Å². The molecule has 0 bridgehead atoms. The van der Waals surface area contributed by atoms with Crippen molar-refractivity contribution in [3.63, 3.8) is 0 Å². The Bertz CT molecular complexity index is 799. The molecule has 1 amide bonds. The number of nitrogens with one attached hydrogen (secondary N) is 2. The van der Waals surface area contributed by atoms with Crippen molar-refractivity contribution in [2.24, 2.45) is 0 Å². The number of rotatable bonds is 7. The summed E-state index contributed by atoms with van der Waals surface area (Å²) < 4.78 is 0. The molecule has 4 nitrogen and oxygen atoms in total. The SMILES string of the molecule is CC(C)c1ccc([C@@H](NCC(=O)NC2(C#N)CCCCC2)c2cccs2)cc1. The third-order valence-electron chi connectivity index (χ3n) is 5.53. The Labute approximate surface area is 172 Å². The van der Waals surface area contributed by atoms with E-state index in [9.17, 15) is 10.1 Å². The van der Waals surface area contributed by atoms with Crippen LogP contribution in [-0.2, 0) is 4.79 Å². The minimum absolute atomic E-state index is 0.0312. The first-order valence-corrected chi connectivity index (χ1v) is 11.0. The Morgan fingerprint density at radius 1 is 1.14 bits per heavy atom. The summed E-state index contributed by atoms with van der Waals surface area (Å²) in [6, 6.07) is 15.1. The van der Waals surface area contributed by atoms with Crippen LogP contribution in [0.5, 0.6) is 0 Å². The normalized spacial score (nSPS) is 17.1. The van der Waals surface area contributed by atoms with Crippen LogP contribution >= 0.6 is 11.3 Å². The van der Waals surface area contributed by atoms with Crippen LogP contribution in [0.3, 0.4) is 0 Å². The highest BCUT2D eigenvalue weighted by Gasteiger charge is 2.33. The topological polar surface area (TPSA) is 64.9 Å². The van der Waals surface area contributed by atoms with Gasteiger partial charge in [-0.1, -0.05) is 63.4 Å². The second-order valence-electron chi connectivity index (χ2n) is 7.95. The molecule has 28 heavy (non-hydrogen) atoms. The minimum atomic E-state index is -0.686. The van der Waals surface area contributed by atoms with Gasteiger partial charge in [-0.05, 0) is 41.3 Å². The molecule has 1 saturated carbocycles. The number of hydrogen-bond acceptors (Lipinski definition) is 4. The molecule has 1 heterocycles. The third kappa shape index (κ3) is 5.01. The molecule has 148 valence electrons. The van der Waals surface area contributed by atoms with Gasteiger partial charge in [-0.25, -0.2) is 0 Å². The Balaban J connectivity index is 1.69. The summed E-state index contributed by atoms with van der Waals surface area (Å²) in [4.78, 5) is 13.8. The first kappa shape index (κ1) is 20.6. The maximum atomic E-state index is 12.6. The van der Waals surface area contributed by atoms with E-state index < -0.39 is 5.54 Å². The molecule has 5 heteroatoms. The lowest BCUT2D eigenvalue weighted by molar-refractivity contribution is -0.122. The van der Waals surface area contributed by atoms with Crippen LogP contribution in [0.25, 0.3) is 0 Å². The zero-order valence-corrected chi connectivity index (χ0v) is 17.5. The van der Waals surface area contributed by atoms with Crippen molar-refractivity contribution >= 4 is 17.2 Å². The van der Waals surface area contributed by atoms with E-state index in [0.717, 1.165) is 37.7 Å². The first-order chi connectivity index (χ1) is 13.5. The zero-order chi connectivity index (χ0) is 20.0. The van der Waals surface area contributed by atoms with Gasteiger partial charge in [0.15, 0.2) is 0 Å². The molecule has 0 aliphatic heterocycles. The number of nitrogens with zero attached hydrogens (tertiary/aromatic N) is 1. The van der Waals surface area contributed by atoms with E-state index in [2.05, 4.69) is 66.3 Å². The Hall–Kier alpha value is -2.16. The first-order valence-electron chi connectivity index (χ1n) is 10.1. The highest BCUT2D eigenvalue weighted by molar-refractivity contribution is 7.10. The fourth-order valence-electron chi connectivity index (χ4n) is 3.84. The van der Waals surface area contributed by atoms with Gasteiger partial charge in [0.05, 0.1) is 18.7 Å². The van der Waals surface area contributed by atoms with Crippen molar-refractivity contribution in [1.29, 1.82) is 5.26 Å². The molecule has 1 aliphatic carbocycles. The van der Waals surface area contributed by atoms with Crippen LogP contribution < -0.4 is 10.6 Å². The number of thiophene rings is 1. The molecule has 0 saturated heterocycles. The van der Waals surface area contributed by atoms with Gasteiger partial charge in [-0.3, -0.25) is 10.1 Å². The van der Waals surface area contributed by atoms with Gasteiger partial charge in [0.2, 0.25) is 5.91 Å². The molecule has 3 rings (SSSR count). The molecule has 2 N–H and O–H groups in total. The number of amides is 1. The van der Waals surface area contributed by atoms with Crippen molar-refractivity contribution in [2.45, 2.75) is 63.5 Å². The Morgan fingerprint density at radius 2 is 1.82 bits per heavy atom. The molecule has 2 aromatic rings. The fraction of sp³-hybridized carbons (Fsp3) is 0.478. The molecular weight excluding hydrogens is 366 g/mol. The van der Waals surface area contributed by atoms with Crippen LogP contribution in [0.2, 0.25) is 0 Å². The summed E-state index contributed by atoms with van der Waals surface area (Å²) in [6.45, 7) is 4.56. The van der Waals surface area contributed by atoms with Gasteiger partial charge in [0, 0.05) is 4.88 Å². The molecule has 1 fully saturated rings. The van der Waals surface area contributed by atoms with Crippen molar-refractivity contribution < 1.29 is 4.79 Å². The fourth-order valence-corrected chi connectivity index (χ4v) is 4.66. The lowest BCUT2D eigenvalue weighted by Gasteiger charge is -2.31. The second-order valence-corrected chi connectivity index (χ2v) is 8.93. The molecule has 0 radical (unpaired) electrons. The summed E-state index contributed by atoms with van der Waals surface area (Å²) in [5.41, 5.74) is 1.76. The molecular formula is C23H29N3OS. The van der Waals surface area contributed by atoms with E-state index >= 15 is 0 Å². The Morgan fingerprint density at radius 3 is 2.39 bits per heavy atom. The number of hydrogen-bond donors (Lipinski definition) is 2. The van der Waals surface area contributed by atoms with Crippen molar-refractivity contribution in [3.8, 4) is 6.07 Å². The van der Waals surface area contributed by atoms with Crippen molar-refractivity contribution in [2.75, 3.05) is 6.54 Å². The molecule has 1 aromatic heterocycles. The minimum Gasteiger partial charge on any atom is -0.337 e. The predicted molar refractivity (Wildman–Crippen MR) is 114 cm³/mol. The number of carbonyl (C=O) groups excluding carboxylic acids is 1. The summed E-state index contributed by atoms with van der Waals surface area (Å²) in [5.74, 6) is 0.384. The zero-order valence-electron chi connectivity index (χ0n) is 16.7. The van der Waals surface area contributed by atoms with Crippen molar-refractivity contribution in [1.82, 2.24) is 10.6 Å². The van der Waals surface area contributed by atoms with Gasteiger partial charge in [-0.15, -0.1) is 11.3 Å². The monoisotopic (exact) mass is 395 g/mol. The predicted octanol–water partition coefficient (Wildman–Crippen LogP) is 4.89. The van der Waals surface area contributed by atoms with Gasteiger partial charge in [0.25, 0.3) is 0 Å². The van der Waals surface area contributed by atoms with E-state index in [4.69, 9.17) is 0 Å². The highest BCUT2D eigenvalue weighted by Crippen LogP contribution is 2.29. The van der Waals surface area contributed by atoms with Gasteiger partial charge < -0.3 is 5.32 Å². The van der Waals surface area contributed by atoms with Crippen LogP contribution in [0.4, 0.5) is 0 Å². The Kier molecular flexibility index (Phi) is 6.88. The van der Waals surface area contributed by atoms with E-state index in [1.807, 2.05) is 6.07 Å².